The Kier molecular flexibility index (Phi) is 4.29. The van der Waals surface area contributed by atoms with Gasteiger partial charge in [-0.05, 0) is 19.3 Å². The fourth-order valence-electron chi connectivity index (χ4n) is 1.80. The molecule has 1 fully saturated rings. The predicted octanol–water partition coefficient (Wildman–Crippen LogP) is 1.61. The van der Waals surface area contributed by atoms with E-state index in [1.807, 2.05) is 13.0 Å². The van der Waals surface area contributed by atoms with Crippen LogP contribution in [0.5, 0.6) is 0 Å². The van der Waals surface area contributed by atoms with Crippen molar-refractivity contribution in [3.63, 3.8) is 0 Å². The van der Waals surface area contributed by atoms with Gasteiger partial charge in [-0.2, -0.15) is 5.26 Å². The summed E-state index contributed by atoms with van der Waals surface area (Å²) in [5.41, 5.74) is 0. The van der Waals surface area contributed by atoms with Gasteiger partial charge in [0.25, 0.3) is 0 Å². The summed E-state index contributed by atoms with van der Waals surface area (Å²) in [7, 11) is 0. The molecule has 1 aliphatic heterocycles. The maximum Gasteiger partial charge on any atom is 0.230 e. The molecular weight excluding hydrogens is 192 g/mol. The van der Waals surface area contributed by atoms with E-state index in [0.29, 0.717) is 19.3 Å². The molecule has 2 amide bonds. The smallest absolute Gasteiger partial charge is 0.230 e. The second kappa shape index (κ2) is 5.50. The zero-order valence-corrected chi connectivity index (χ0v) is 9.03. The lowest BCUT2D eigenvalue weighted by Gasteiger charge is -2.23. The third-order valence-electron chi connectivity index (χ3n) is 2.59. The summed E-state index contributed by atoms with van der Waals surface area (Å²) in [6.45, 7) is 1.94. The number of hydrogen-bond acceptors (Lipinski definition) is 3. The lowest BCUT2D eigenvalue weighted by molar-refractivity contribution is -0.145. The summed E-state index contributed by atoms with van der Waals surface area (Å²) in [5.74, 6) is -0.366. The zero-order valence-electron chi connectivity index (χ0n) is 9.03. The summed E-state index contributed by atoms with van der Waals surface area (Å²) < 4.78 is 0. The van der Waals surface area contributed by atoms with Crippen molar-refractivity contribution in [3.05, 3.63) is 0 Å². The van der Waals surface area contributed by atoms with Gasteiger partial charge in [-0.25, -0.2) is 0 Å². The first-order valence-corrected chi connectivity index (χ1v) is 5.45. The minimum Gasteiger partial charge on any atom is -0.274 e. The van der Waals surface area contributed by atoms with Crippen molar-refractivity contribution in [3.8, 4) is 6.07 Å². The average molecular weight is 208 g/mol. The summed E-state index contributed by atoms with van der Waals surface area (Å²) in [6, 6.07) is 1.48. The van der Waals surface area contributed by atoms with Crippen molar-refractivity contribution in [1.82, 2.24) is 4.90 Å². The molecule has 15 heavy (non-hydrogen) atoms. The van der Waals surface area contributed by atoms with Crippen LogP contribution in [0.15, 0.2) is 0 Å². The van der Waals surface area contributed by atoms with E-state index in [0.717, 1.165) is 19.3 Å². The average Bonchev–Trinajstić information content (AvgIpc) is 2.38. The van der Waals surface area contributed by atoms with Crippen LogP contribution in [0, 0.1) is 11.3 Å². The van der Waals surface area contributed by atoms with Crippen LogP contribution in [0.3, 0.4) is 0 Å². The van der Waals surface area contributed by atoms with Crippen LogP contribution in [0.25, 0.3) is 0 Å². The Hall–Kier alpha value is -1.37. The first-order chi connectivity index (χ1) is 7.20. The molecule has 0 aromatic rings. The molecule has 1 heterocycles. The van der Waals surface area contributed by atoms with Crippen LogP contribution in [0.4, 0.5) is 0 Å². The molecule has 0 N–H and O–H groups in total. The minimum atomic E-state index is -0.562. The molecule has 1 saturated heterocycles. The third-order valence-corrected chi connectivity index (χ3v) is 2.59. The molecule has 1 rings (SSSR count). The topological polar surface area (TPSA) is 61.2 Å². The summed E-state index contributed by atoms with van der Waals surface area (Å²) in [5, 5.41) is 8.94. The number of amides is 2. The normalized spacial score (nSPS) is 19.6. The molecule has 4 nitrogen and oxygen atoms in total. The van der Waals surface area contributed by atoms with E-state index in [2.05, 4.69) is 0 Å². The van der Waals surface area contributed by atoms with Gasteiger partial charge in [0.1, 0.15) is 6.04 Å². The molecule has 0 saturated carbocycles. The maximum atomic E-state index is 11.7. The van der Waals surface area contributed by atoms with Gasteiger partial charge in [0.15, 0.2) is 0 Å². The Morgan fingerprint density at radius 3 is 2.27 bits per heavy atom. The molecule has 1 atom stereocenters. The van der Waals surface area contributed by atoms with Crippen LogP contribution in [-0.4, -0.2) is 22.8 Å². The Balaban J connectivity index is 2.81. The quantitative estimate of drug-likeness (QED) is 0.662. The van der Waals surface area contributed by atoms with Gasteiger partial charge < -0.3 is 0 Å². The SMILES string of the molecule is CCCC(C#N)N1C(=O)CCCCC1=O. The van der Waals surface area contributed by atoms with Crippen molar-refractivity contribution in [2.24, 2.45) is 0 Å². The van der Waals surface area contributed by atoms with Gasteiger partial charge in [-0.1, -0.05) is 13.3 Å². The van der Waals surface area contributed by atoms with Crippen molar-refractivity contribution in [2.45, 2.75) is 51.5 Å². The van der Waals surface area contributed by atoms with Crippen molar-refractivity contribution in [2.75, 3.05) is 0 Å². The van der Waals surface area contributed by atoms with E-state index in [4.69, 9.17) is 5.26 Å². The highest BCUT2D eigenvalue weighted by Gasteiger charge is 2.30. The number of nitriles is 1. The Morgan fingerprint density at radius 1 is 1.33 bits per heavy atom. The van der Waals surface area contributed by atoms with Crippen LogP contribution in [0.1, 0.15) is 45.4 Å². The molecule has 0 aromatic carbocycles. The maximum absolute atomic E-state index is 11.7. The lowest BCUT2D eigenvalue weighted by Crippen LogP contribution is -2.42. The molecule has 82 valence electrons. The Labute approximate surface area is 89.9 Å². The molecule has 0 spiro atoms. The van der Waals surface area contributed by atoms with Gasteiger partial charge >= 0.3 is 0 Å². The number of rotatable bonds is 3. The van der Waals surface area contributed by atoms with E-state index in [1.54, 1.807) is 0 Å². The first-order valence-electron chi connectivity index (χ1n) is 5.45. The standard InChI is InChI=1S/C11H16N2O2/c1-2-5-9(8-12)13-10(14)6-3-4-7-11(13)15/h9H,2-7H2,1H3. The van der Waals surface area contributed by atoms with Gasteiger partial charge in [0.2, 0.25) is 11.8 Å². The van der Waals surface area contributed by atoms with Crippen LogP contribution in [-0.2, 0) is 9.59 Å². The van der Waals surface area contributed by atoms with E-state index >= 15 is 0 Å². The monoisotopic (exact) mass is 208 g/mol. The summed E-state index contributed by atoms with van der Waals surface area (Å²) >= 11 is 0. The molecule has 0 radical (unpaired) electrons. The lowest BCUT2D eigenvalue weighted by atomic mass is 10.1. The first kappa shape index (κ1) is 11.7. The van der Waals surface area contributed by atoms with Crippen molar-refractivity contribution < 1.29 is 9.59 Å². The number of imide groups is 1. The molecular formula is C11H16N2O2. The fraction of sp³-hybridized carbons (Fsp3) is 0.727. The van der Waals surface area contributed by atoms with E-state index in [1.165, 1.54) is 4.90 Å². The zero-order chi connectivity index (χ0) is 11.3. The van der Waals surface area contributed by atoms with E-state index < -0.39 is 6.04 Å². The predicted molar refractivity (Wildman–Crippen MR) is 54.6 cm³/mol. The van der Waals surface area contributed by atoms with Crippen LogP contribution < -0.4 is 0 Å². The van der Waals surface area contributed by atoms with Crippen LogP contribution in [0.2, 0.25) is 0 Å². The number of carbonyl (C=O) groups excluding carboxylic acids is 2. The second-order valence-electron chi connectivity index (χ2n) is 3.80. The van der Waals surface area contributed by atoms with Gasteiger partial charge in [-0.3, -0.25) is 14.5 Å². The molecule has 0 aromatic heterocycles. The van der Waals surface area contributed by atoms with Gasteiger partial charge in [0.05, 0.1) is 6.07 Å². The summed E-state index contributed by atoms with van der Waals surface area (Å²) in [6.07, 6.45) is 3.68. The highest BCUT2D eigenvalue weighted by atomic mass is 16.2. The highest BCUT2D eigenvalue weighted by molar-refractivity contribution is 5.96. The fourth-order valence-corrected chi connectivity index (χ4v) is 1.80. The largest absolute Gasteiger partial charge is 0.274 e. The van der Waals surface area contributed by atoms with Crippen molar-refractivity contribution in [1.29, 1.82) is 5.26 Å². The number of likely N-dealkylation sites (tertiary alicyclic amines) is 1. The Bertz CT molecular complexity index is 275. The molecule has 1 unspecified atom stereocenters. The Morgan fingerprint density at radius 2 is 1.87 bits per heavy atom. The van der Waals surface area contributed by atoms with Gasteiger partial charge in [-0.15, -0.1) is 0 Å². The van der Waals surface area contributed by atoms with Crippen LogP contribution >= 0.6 is 0 Å². The third kappa shape index (κ3) is 2.79. The summed E-state index contributed by atoms with van der Waals surface area (Å²) in [4.78, 5) is 24.5. The number of nitrogens with zero attached hydrogens (tertiary/aromatic N) is 2. The van der Waals surface area contributed by atoms with Gasteiger partial charge in [0, 0.05) is 12.8 Å². The van der Waals surface area contributed by atoms with E-state index in [-0.39, 0.29) is 11.8 Å². The molecule has 4 heteroatoms. The second-order valence-corrected chi connectivity index (χ2v) is 3.80. The molecule has 0 aliphatic carbocycles. The number of hydrogen-bond donors (Lipinski definition) is 0. The molecule has 1 aliphatic rings. The van der Waals surface area contributed by atoms with E-state index in [9.17, 15) is 9.59 Å². The number of carbonyl (C=O) groups is 2. The molecule has 0 bridgehead atoms. The van der Waals surface area contributed by atoms with Crippen molar-refractivity contribution >= 4 is 11.8 Å². The minimum absolute atomic E-state index is 0.183. The highest BCUT2D eigenvalue weighted by Crippen LogP contribution is 2.17.